The van der Waals surface area contributed by atoms with Crippen molar-refractivity contribution in [3.63, 3.8) is 0 Å². The molecular formula is C12H15N3S. The zero-order valence-electron chi connectivity index (χ0n) is 9.26. The van der Waals surface area contributed by atoms with Crippen molar-refractivity contribution in [2.24, 2.45) is 7.05 Å². The molecule has 4 heteroatoms. The fourth-order valence-electron chi connectivity index (χ4n) is 1.51. The lowest BCUT2D eigenvalue weighted by Gasteiger charge is -2.04. The van der Waals surface area contributed by atoms with Crippen LogP contribution in [0.25, 0.3) is 0 Å². The van der Waals surface area contributed by atoms with E-state index < -0.39 is 0 Å². The maximum Gasteiger partial charge on any atom is 0.167 e. The van der Waals surface area contributed by atoms with Gasteiger partial charge in [0.2, 0.25) is 0 Å². The van der Waals surface area contributed by atoms with Crippen LogP contribution in [0.4, 0.5) is 5.69 Å². The molecule has 0 aliphatic heterocycles. The molecule has 0 spiro atoms. The van der Waals surface area contributed by atoms with E-state index in [-0.39, 0.29) is 0 Å². The first kappa shape index (κ1) is 11.1. The van der Waals surface area contributed by atoms with Gasteiger partial charge < -0.3 is 10.3 Å². The average Bonchev–Trinajstić information content (AvgIpc) is 2.67. The van der Waals surface area contributed by atoms with Crippen LogP contribution < -0.4 is 5.73 Å². The molecule has 0 amide bonds. The topological polar surface area (TPSA) is 43.8 Å². The minimum Gasteiger partial charge on any atom is -0.399 e. The summed E-state index contributed by atoms with van der Waals surface area (Å²) in [6.07, 6.45) is 4.75. The number of nitrogens with zero attached hydrogens (tertiary/aromatic N) is 2. The number of anilines is 1. The van der Waals surface area contributed by atoms with Gasteiger partial charge in [-0.25, -0.2) is 4.98 Å². The standard InChI is InChI=1S/C12H15N3S/c1-15-8-7-14-12(15)16-9-6-10-4-2-3-5-11(10)13/h2-5,7-8H,6,9,13H2,1H3. The predicted molar refractivity (Wildman–Crippen MR) is 68.5 cm³/mol. The van der Waals surface area contributed by atoms with E-state index in [0.717, 1.165) is 23.0 Å². The van der Waals surface area contributed by atoms with Gasteiger partial charge in [-0.1, -0.05) is 30.0 Å². The van der Waals surface area contributed by atoms with E-state index in [2.05, 4.69) is 11.1 Å². The number of aryl methyl sites for hydroxylation is 2. The lowest BCUT2D eigenvalue weighted by Crippen LogP contribution is -1.97. The van der Waals surface area contributed by atoms with E-state index in [1.54, 1.807) is 11.8 Å². The zero-order valence-corrected chi connectivity index (χ0v) is 10.1. The minimum absolute atomic E-state index is 0.878. The molecule has 1 aromatic carbocycles. The Bertz CT molecular complexity index is 465. The van der Waals surface area contributed by atoms with Gasteiger partial charge in [0.15, 0.2) is 5.16 Å². The van der Waals surface area contributed by atoms with Crippen molar-refractivity contribution in [1.29, 1.82) is 0 Å². The Morgan fingerprint density at radius 1 is 1.38 bits per heavy atom. The summed E-state index contributed by atoms with van der Waals surface area (Å²) in [6, 6.07) is 8.01. The summed E-state index contributed by atoms with van der Waals surface area (Å²) in [4.78, 5) is 4.26. The summed E-state index contributed by atoms with van der Waals surface area (Å²) in [6.45, 7) is 0. The van der Waals surface area contributed by atoms with E-state index >= 15 is 0 Å². The summed E-state index contributed by atoms with van der Waals surface area (Å²) in [5, 5.41) is 1.05. The summed E-state index contributed by atoms with van der Waals surface area (Å²) in [5.74, 6) is 0.999. The van der Waals surface area contributed by atoms with Gasteiger partial charge in [-0.3, -0.25) is 0 Å². The van der Waals surface area contributed by atoms with Crippen molar-refractivity contribution in [1.82, 2.24) is 9.55 Å². The largest absolute Gasteiger partial charge is 0.399 e. The van der Waals surface area contributed by atoms with E-state index in [9.17, 15) is 0 Å². The number of para-hydroxylation sites is 1. The third-order valence-electron chi connectivity index (χ3n) is 2.43. The molecule has 0 atom stereocenters. The van der Waals surface area contributed by atoms with Crippen LogP contribution in [-0.2, 0) is 13.5 Å². The first-order valence-corrected chi connectivity index (χ1v) is 6.19. The number of aromatic nitrogens is 2. The molecule has 0 aliphatic rings. The molecular weight excluding hydrogens is 218 g/mol. The molecule has 84 valence electrons. The highest BCUT2D eigenvalue weighted by molar-refractivity contribution is 7.99. The minimum atomic E-state index is 0.878. The number of benzene rings is 1. The third-order valence-corrected chi connectivity index (χ3v) is 3.49. The molecule has 1 aromatic heterocycles. The number of imidazole rings is 1. The average molecular weight is 233 g/mol. The van der Waals surface area contributed by atoms with Crippen LogP contribution in [0.2, 0.25) is 0 Å². The molecule has 2 aromatic rings. The van der Waals surface area contributed by atoms with Crippen molar-refractivity contribution in [2.45, 2.75) is 11.6 Å². The van der Waals surface area contributed by atoms with E-state index in [4.69, 9.17) is 5.73 Å². The highest BCUT2D eigenvalue weighted by atomic mass is 32.2. The first-order chi connectivity index (χ1) is 7.77. The van der Waals surface area contributed by atoms with E-state index in [1.165, 1.54) is 5.56 Å². The second kappa shape index (κ2) is 5.07. The summed E-state index contributed by atoms with van der Waals surface area (Å²) in [5.41, 5.74) is 7.97. The molecule has 0 saturated heterocycles. The Morgan fingerprint density at radius 2 is 2.19 bits per heavy atom. The van der Waals surface area contributed by atoms with Crippen molar-refractivity contribution < 1.29 is 0 Å². The number of rotatable bonds is 4. The Labute approximate surface area is 99.7 Å². The molecule has 0 fully saturated rings. The summed E-state index contributed by atoms with van der Waals surface area (Å²) >= 11 is 1.75. The molecule has 2 rings (SSSR count). The van der Waals surface area contributed by atoms with Crippen LogP contribution in [0.1, 0.15) is 5.56 Å². The SMILES string of the molecule is Cn1ccnc1SCCc1ccccc1N. The molecule has 2 N–H and O–H groups in total. The third kappa shape index (κ3) is 2.58. The molecule has 1 heterocycles. The Hall–Kier alpha value is -1.42. The lowest BCUT2D eigenvalue weighted by atomic mass is 10.1. The van der Waals surface area contributed by atoms with Crippen molar-refractivity contribution in [3.8, 4) is 0 Å². The summed E-state index contributed by atoms with van der Waals surface area (Å²) in [7, 11) is 2.01. The monoisotopic (exact) mass is 233 g/mol. The quantitative estimate of drug-likeness (QED) is 0.651. The number of thioether (sulfide) groups is 1. The van der Waals surface area contributed by atoms with Gasteiger partial charge in [-0.05, 0) is 18.1 Å². The predicted octanol–water partition coefficient (Wildman–Crippen LogP) is 2.34. The highest BCUT2D eigenvalue weighted by Crippen LogP contribution is 2.18. The van der Waals surface area contributed by atoms with Crippen LogP contribution in [-0.4, -0.2) is 15.3 Å². The Morgan fingerprint density at radius 3 is 2.88 bits per heavy atom. The molecule has 0 radical (unpaired) electrons. The van der Waals surface area contributed by atoms with E-state index in [0.29, 0.717) is 0 Å². The van der Waals surface area contributed by atoms with E-state index in [1.807, 2.05) is 42.2 Å². The number of hydrogen-bond donors (Lipinski definition) is 1. The summed E-state index contributed by atoms with van der Waals surface area (Å²) < 4.78 is 2.03. The van der Waals surface area contributed by atoms with Gasteiger partial charge >= 0.3 is 0 Å². The number of hydrogen-bond acceptors (Lipinski definition) is 3. The van der Waals surface area contributed by atoms with Crippen molar-refractivity contribution in [3.05, 3.63) is 42.2 Å². The smallest absolute Gasteiger partial charge is 0.167 e. The van der Waals surface area contributed by atoms with Gasteiger partial charge in [0.25, 0.3) is 0 Å². The number of nitrogens with two attached hydrogens (primary N) is 1. The normalized spacial score (nSPS) is 10.6. The van der Waals surface area contributed by atoms with Crippen LogP contribution in [0, 0.1) is 0 Å². The second-order valence-electron chi connectivity index (χ2n) is 3.62. The molecule has 3 nitrogen and oxygen atoms in total. The van der Waals surface area contributed by atoms with Crippen LogP contribution in [0.3, 0.4) is 0 Å². The second-order valence-corrected chi connectivity index (χ2v) is 4.68. The molecule has 0 bridgehead atoms. The van der Waals surface area contributed by atoms with Gasteiger partial charge in [0.1, 0.15) is 0 Å². The molecule has 0 aliphatic carbocycles. The van der Waals surface area contributed by atoms with Gasteiger partial charge in [0.05, 0.1) is 0 Å². The Kier molecular flexibility index (Phi) is 3.51. The van der Waals surface area contributed by atoms with Gasteiger partial charge in [0, 0.05) is 30.9 Å². The number of nitrogen functional groups attached to an aromatic ring is 1. The maximum absolute atomic E-state index is 5.88. The maximum atomic E-state index is 5.88. The lowest BCUT2D eigenvalue weighted by molar-refractivity contribution is 0.789. The molecule has 16 heavy (non-hydrogen) atoms. The zero-order chi connectivity index (χ0) is 11.4. The molecule has 0 saturated carbocycles. The van der Waals surface area contributed by atoms with Gasteiger partial charge in [-0.2, -0.15) is 0 Å². The highest BCUT2D eigenvalue weighted by Gasteiger charge is 2.01. The Balaban J connectivity index is 1.89. The van der Waals surface area contributed by atoms with Crippen molar-refractivity contribution >= 4 is 17.4 Å². The van der Waals surface area contributed by atoms with Crippen molar-refractivity contribution in [2.75, 3.05) is 11.5 Å². The van der Waals surface area contributed by atoms with Crippen LogP contribution >= 0.6 is 11.8 Å². The van der Waals surface area contributed by atoms with Crippen LogP contribution in [0.5, 0.6) is 0 Å². The molecule has 0 unspecified atom stereocenters. The van der Waals surface area contributed by atoms with Gasteiger partial charge in [-0.15, -0.1) is 0 Å². The fourth-order valence-corrected chi connectivity index (χ4v) is 2.41. The fraction of sp³-hybridized carbons (Fsp3) is 0.250. The first-order valence-electron chi connectivity index (χ1n) is 5.21. The van der Waals surface area contributed by atoms with Crippen LogP contribution in [0.15, 0.2) is 41.8 Å².